The lowest BCUT2D eigenvalue weighted by molar-refractivity contribution is 0.0642. The Hall–Kier alpha value is -1.33. The van der Waals surface area contributed by atoms with Crippen molar-refractivity contribution in [2.75, 3.05) is 33.5 Å². The molecular weight excluding hydrogens is 227 g/mol. The second-order valence-corrected chi connectivity index (χ2v) is 3.42. The zero-order valence-electron chi connectivity index (χ0n) is 9.82. The Balaban J connectivity index is 2.15. The number of halogens is 1. The van der Waals surface area contributed by atoms with Crippen LogP contribution in [0, 0.1) is 5.82 Å². The molecule has 17 heavy (non-hydrogen) atoms. The molecular formula is C12H17FO4. The molecule has 1 aromatic carbocycles. The molecule has 0 aliphatic rings. The van der Waals surface area contributed by atoms with Crippen LogP contribution in [0.2, 0.25) is 0 Å². The Morgan fingerprint density at radius 1 is 1.18 bits per heavy atom. The average molecular weight is 244 g/mol. The first-order chi connectivity index (χ1) is 8.24. The SMILES string of the molecule is COCCOCCCOc1cc(O)ccc1F. The third-order valence-corrected chi connectivity index (χ3v) is 2.04. The van der Waals surface area contributed by atoms with Crippen LogP contribution in [-0.2, 0) is 9.47 Å². The zero-order valence-corrected chi connectivity index (χ0v) is 9.82. The molecule has 96 valence electrons. The molecule has 0 heterocycles. The van der Waals surface area contributed by atoms with E-state index in [9.17, 15) is 4.39 Å². The summed E-state index contributed by atoms with van der Waals surface area (Å²) in [6, 6.07) is 3.69. The van der Waals surface area contributed by atoms with Gasteiger partial charge in [0.2, 0.25) is 0 Å². The van der Waals surface area contributed by atoms with Gasteiger partial charge in [-0.25, -0.2) is 4.39 Å². The molecule has 0 unspecified atom stereocenters. The summed E-state index contributed by atoms with van der Waals surface area (Å²) in [5, 5.41) is 9.15. The van der Waals surface area contributed by atoms with Crippen molar-refractivity contribution in [3.8, 4) is 11.5 Å². The average Bonchev–Trinajstić information content (AvgIpc) is 2.32. The zero-order chi connectivity index (χ0) is 12.5. The molecule has 0 bridgehead atoms. The third kappa shape index (κ3) is 5.51. The lowest BCUT2D eigenvalue weighted by Crippen LogP contribution is -2.07. The molecule has 0 aliphatic carbocycles. The minimum absolute atomic E-state index is 0.0160. The predicted octanol–water partition coefficient (Wildman–Crippen LogP) is 1.96. The quantitative estimate of drug-likeness (QED) is 0.710. The van der Waals surface area contributed by atoms with E-state index in [1.807, 2.05) is 0 Å². The molecule has 1 aromatic rings. The maximum Gasteiger partial charge on any atom is 0.165 e. The summed E-state index contributed by atoms with van der Waals surface area (Å²) in [4.78, 5) is 0. The first kappa shape index (κ1) is 13.7. The van der Waals surface area contributed by atoms with Crippen molar-refractivity contribution in [2.45, 2.75) is 6.42 Å². The fourth-order valence-corrected chi connectivity index (χ4v) is 1.19. The number of hydrogen-bond acceptors (Lipinski definition) is 4. The Kier molecular flexibility index (Phi) is 6.35. The first-order valence-electron chi connectivity index (χ1n) is 5.42. The van der Waals surface area contributed by atoms with Crippen LogP contribution in [0.5, 0.6) is 11.5 Å². The van der Waals surface area contributed by atoms with Crippen LogP contribution >= 0.6 is 0 Å². The van der Waals surface area contributed by atoms with Gasteiger partial charge in [0.05, 0.1) is 19.8 Å². The van der Waals surface area contributed by atoms with E-state index < -0.39 is 5.82 Å². The van der Waals surface area contributed by atoms with Crippen LogP contribution in [0.3, 0.4) is 0 Å². The standard InChI is InChI=1S/C12H17FO4/c1-15-7-8-16-5-2-6-17-12-9-10(14)3-4-11(12)13/h3-4,9,14H,2,5-8H2,1H3. The molecule has 0 fully saturated rings. The minimum atomic E-state index is -0.483. The topological polar surface area (TPSA) is 47.9 Å². The van der Waals surface area contributed by atoms with Gasteiger partial charge in [-0.15, -0.1) is 0 Å². The number of phenols is 1. The van der Waals surface area contributed by atoms with E-state index >= 15 is 0 Å². The van der Waals surface area contributed by atoms with Crippen molar-refractivity contribution in [3.05, 3.63) is 24.0 Å². The van der Waals surface area contributed by atoms with Crippen LogP contribution in [0.25, 0.3) is 0 Å². The highest BCUT2D eigenvalue weighted by molar-refractivity contribution is 5.33. The van der Waals surface area contributed by atoms with Crippen molar-refractivity contribution < 1.29 is 23.7 Å². The maximum absolute atomic E-state index is 13.2. The summed E-state index contributed by atoms with van der Waals surface area (Å²) in [5.74, 6) is -0.442. The number of ether oxygens (including phenoxy) is 3. The highest BCUT2D eigenvalue weighted by Crippen LogP contribution is 2.22. The Morgan fingerprint density at radius 3 is 2.76 bits per heavy atom. The van der Waals surface area contributed by atoms with Crippen LogP contribution in [0.15, 0.2) is 18.2 Å². The Morgan fingerprint density at radius 2 is 2.00 bits per heavy atom. The van der Waals surface area contributed by atoms with Gasteiger partial charge in [-0.1, -0.05) is 0 Å². The fourth-order valence-electron chi connectivity index (χ4n) is 1.19. The summed E-state index contributed by atoms with van der Waals surface area (Å²) in [6.45, 7) is 1.97. The van der Waals surface area contributed by atoms with Gasteiger partial charge in [0.15, 0.2) is 11.6 Å². The van der Waals surface area contributed by atoms with Gasteiger partial charge >= 0.3 is 0 Å². The molecule has 0 spiro atoms. The van der Waals surface area contributed by atoms with E-state index in [4.69, 9.17) is 19.3 Å². The number of rotatable bonds is 8. The molecule has 0 aromatic heterocycles. The minimum Gasteiger partial charge on any atom is -0.508 e. The van der Waals surface area contributed by atoms with Crippen molar-refractivity contribution in [3.63, 3.8) is 0 Å². The molecule has 4 nitrogen and oxygen atoms in total. The number of phenolic OH excluding ortho intramolecular Hbond substituents is 1. The van der Waals surface area contributed by atoms with Crippen molar-refractivity contribution in [2.24, 2.45) is 0 Å². The van der Waals surface area contributed by atoms with E-state index in [-0.39, 0.29) is 11.5 Å². The molecule has 1 rings (SSSR count). The highest BCUT2D eigenvalue weighted by Gasteiger charge is 2.03. The first-order valence-corrected chi connectivity index (χ1v) is 5.42. The summed E-state index contributed by atoms with van der Waals surface area (Å²) >= 11 is 0. The largest absolute Gasteiger partial charge is 0.508 e. The van der Waals surface area contributed by atoms with E-state index in [0.717, 1.165) is 0 Å². The summed E-state index contributed by atoms with van der Waals surface area (Å²) in [6.07, 6.45) is 0.652. The lowest BCUT2D eigenvalue weighted by atomic mass is 10.3. The van der Waals surface area contributed by atoms with Crippen LogP contribution in [0.1, 0.15) is 6.42 Å². The van der Waals surface area contributed by atoms with Crippen LogP contribution in [-0.4, -0.2) is 38.6 Å². The number of benzene rings is 1. The van der Waals surface area contributed by atoms with E-state index in [1.54, 1.807) is 7.11 Å². The van der Waals surface area contributed by atoms with Gasteiger partial charge in [-0.3, -0.25) is 0 Å². The van der Waals surface area contributed by atoms with Crippen molar-refractivity contribution >= 4 is 0 Å². The number of hydrogen-bond donors (Lipinski definition) is 1. The molecule has 0 saturated carbocycles. The molecule has 0 amide bonds. The van der Waals surface area contributed by atoms with Gasteiger partial charge < -0.3 is 19.3 Å². The van der Waals surface area contributed by atoms with E-state index in [1.165, 1.54) is 18.2 Å². The van der Waals surface area contributed by atoms with Crippen LogP contribution in [0.4, 0.5) is 4.39 Å². The van der Waals surface area contributed by atoms with Gasteiger partial charge in [0.25, 0.3) is 0 Å². The second-order valence-electron chi connectivity index (χ2n) is 3.42. The van der Waals surface area contributed by atoms with Crippen molar-refractivity contribution in [1.82, 2.24) is 0 Å². The monoisotopic (exact) mass is 244 g/mol. The van der Waals surface area contributed by atoms with E-state index in [0.29, 0.717) is 32.8 Å². The van der Waals surface area contributed by atoms with Gasteiger partial charge in [-0.2, -0.15) is 0 Å². The smallest absolute Gasteiger partial charge is 0.165 e. The highest BCUT2D eigenvalue weighted by atomic mass is 19.1. The lowest BCUT2D eigenvalue weighted by Gasteiger charge is -2.07. The van der Waals surface area contributed by atoms with Gasteiger partial charge in [0.1, 0.15) is 5.75 Å². The molecule has 1 N–H and O–H groups in total. The van der Waals surface area contributed by atoms with Gasteiger partial charge in [-0.05, 0) is 12.1 Å². The molecule has 0 saturated heterocycles. The third-order valence-electron chi connectivity index (χ3n) is 2.04. The van der Waals surface area contributed by atoms with E-state index in [2.05, 4.69) is 0 Å². The van der Waals surface area contributed by atoms with Crippen LogP contribution < -0.4 is 4.74 Å². The second kappa shape index (κ2) is 7.86. The molecule has 0 radical (unpaired) electrons. The van der Waals surface area contributed by atoms with Gasteiger partial charge in [0, 0.05) is 26.2 Å². The Labute approximate surface area is 99.9 Å². The number of methoxy groups -OCH3 is 1. The summed E-state index contributed by atoms with van der Waals surface area (Å²) < 4.78 is 28.4. The molecule has 0 aliphatic heterocycles. The number of aromatic hydroxyl groups is 1. The Bertz CT molecular complexity index is 330. The molecule has 0 atom stereocenters. The summed E-state index contributed by atoms with van der Waals surface area (Å²) in [7, 11) is 1.61. The fraction of sp³-hybridized carbons (Fsp3) is 0.500. The maximum atomic E-state index is 13.2. The predicted molar refractivity (Wildman–Crippen MR) is 60.9 cm³/mol. The normalized spacial score (nSPS) is 10.5. The summed E-state index contributed by atoms with van der Waals surface area (Å²) in [5.41, 5.74) is 0. The van der Waals surface area contributed by atoms with Crippen molar-refractivity contribution in [1.29, 1.82) is 0 Å². The molecule has 5 heteroatoms.